The van der Waals surface area contributed by atoms with Crippen molar-refractivity contribution in [3.05, 3.63) is 35.9 Å². The summed E-state index contributed by atoms with van der Waals surface area (Å²) in [6.45, 7) is 3.75. The number of rotatable bonds is 12. The van der Waals surface area contributed by atoms with Gasteiger partial charge in [0.15, 0.2) is 19.7 Å². The Hall–Kier alpha value is -1.41. The number of hydrogen-bond acceptors (Lipinski definition) is 6. The van der Waals surface area contributed by atoms with Crippen molar-refractivity contribution in [3.8, 4) is 0 Å². The Bertz CT molecular complexity index is 714. The third kappa shape index (κ3) is 8.80. The number of carbonyl (C=O) groups is 1. The van der Waals surface area contributed by atoms with Gasteiger partial charge in [-0.3, -0.25) is 0 Å². The molecule has 0 aliphatic heterocycles. The second-order valence-corrected chi connectivity index (χ2v) is 10.8. The Labute approximate surface area is 156 Å². The van der Waals surface area contributed by atoms with Gasteiger partial charge in [-0.1, -0.05) is 44.9 Å². The SMILES string of the molecule is CCCCS(=O)(=O)CC(CS(=O)(=O)CCCC)OC(=O)c1ccccc1. The Morgan fingerprint density at radius 3 is 1.77 bits per heavy atom. The summed E-state index contributed by atoms with van der Waals surface area (Å²) in [5.74, 6) is -1.75. The molecule has 0 bridgehead atoms. The molecule has 0 aliphatic rings. The Balaban J connectivity index is 2.92. The number of ether oxygens (including phenoxy) is 1. The van der Waals surface area contributed by atoms with Crippen LogP contribution < -0.4 is 0 Å². The van der Waals surface area contributed by atoms with E-state index in [0.29, 0.717) is 25.7 Å². The minimum Gasteiger partial charge on any atom is -0.457 e. The van der Waals surface area contributed by atoms with Crippen LogP contribution in [0.25, 0.3) is 0 Å². The average Bonchev–Trinajstić information content (AvgIpc) is 2.58. The molecule has 0 atom stereocenters. The summed E-state index contributed by atoms with van der Waals surface area (Å²) in [7, 11) is -7.01. The van der Waals surface area contributed by atoms with E-state index in [9.17, 15) is 21.6 Å². The fraction of sp³-hybridized carbons (Fsp3) is 0.611. The van der Waals surface area contributed by atoms with E-state index in [4.69, 9.17) is 4.74 Å². The fourth-order valence-electron chi connectivity index (χ4n) is 2.37. The zero-order valence-corrected chi connectivity index (χ0v) is 17.0. The molecule has 1 rings (SSSR count). The molecule has 26 heavy (non-hydrogen) atoms. The standard InChI is InChI=1S/C18H28O6S2/c1-3-5-12-25(20,21)14-17(15-26(22,23)13-6-4-2)24-18(19)16-10-8-7-9-11-16/h7-11,17H,3-6,12-15H2,1-2H3. The van der Waals surface area contributed by atoms with E-state index in [1.165, 1.54) is 12.1 Å². The lowest BCUT2D eigenvalue weighted by molar-refractivity contribution is 0.0389. The molecule has 0 saturated heterocycles. The molecule has 1 aromatic rings. The van der Waals surface area contributed by atoms with Gasteiger partial charge in [0.25, 0.3) is 0 Å². The Kier molecular flexibility index (Phi) is 9.29. The summed E-state index contributed by atoms with van der Waals surface area (Å²) in [5.41, 5.74) is 0.259. The highest BCUT2D eigenvalue weighted by molar-refractivity contribution is 7.92. The van der Waals surface area contributed by atoms with Crippen molar-refractivity contribution in [2.24, 2.45) is 0 Å². The van der Waals surface area contributed by atoms with E-state index in [1.54, 1.807) is 18.2 Å². The topological polar surface area (TPSA) is 94.6 Å². The van der Waals surface area contributed by atoms with Crippen LogP contribution in [0.5, 0.6) is 0 Å². The van der Waals surface area contributed by atoms with Gasteiger partial charge in [-0.25, -0.2) is 21.6 Å². The van der Waals surface area contributed by atoms with Gasteiger partial charge >= 0.3 is 5.97 Å². The molecule has 0 fully saturated rings. The van der Waals surface area contributed by atoms with Crippen LogP contribution in [-0.2, 0) is 24.4 Å². The lowest BCUT2D eigenvalue weighted by atomic mass is 10.2. The molecule has 0 aromatic heterocycles. The van der Waals surface area contributed by atoms with E-state index in [1.807, 2.05) is 13.8 Å². The first-order valence-electron chi connectivity index (χ1n) is 8.86. The predicted octanol–water partition coefficient (Wildman–Crippen LogP) is 2.64. The molecule has 0 heterocycles. The van der Waals surface area contributed by atoms with Crippen LogP contribution in [0.4, 0.5) is 0 Å². The molecule has 6 nitrogen and oxygen atoms in total. The molecule has 0 N–H and O–H groups in total. The molecule has 0 unspecified atom stereocenters. The van der Waals surface area contributed by atoms with Crippen LogP contribution in [0.1, 0.15) is 49.9 Å². The average molecular weight is 405 g/mol. The van der Waals surface area contributed by atoms with Crippen molar-refractivity contribution in [3.63, 3.8) is 0 Å². The maximum Gasteiger partial charge on any atom is 0.338 e. The highest BCUT2D eigenvalue weighted by Gasteiger charge is 2.28. The monoisotopic (exact) mass is 404 g/mol. The lowest BCUT2D eigenvalue weighted by Gasteiger charge is -2.18. The van der Waals surface area contributed by atoms with E-state index in [0.717, 1.165) is 0 Å². The zero-order chi connectivity index (χ0) is 19.6. The summed E-state index contributed by atoms with van der Waals surface area (Å²) in [6.07, 6.45) is 1.20. The fourth-order valence-corrected chi connectivity index (χ4v) is 5.82. The molecule has 8 heteroatoms. The first-order chi connectivity index (χ1) is 12.2. The number of carbonyl (C=O) groups excluding carboxylic acids is 1. The van der Waals surface area contributed by atoms with Gasteiger partial charge in [0.05, 0.1) is 28.6 Å². The van der Waals surface area contributed by atoms with Crippen molar-refractivity contribution in [2.75, 3.05) is 23.0 Å². The first kappa shape index (κ1) is 22.6. The van der Waals surface area contributed by atoms with Crippen molar-refractivity contribution in [2.45, 2.75) is 45.6 Å². The number of esters is 1. The molecule has 0 aliphatic carbocycles. The molecule has 0 saturated carbocycles. The second-order valence-electron chi connectivity index (χ2n) is 6.33. The number of benzene rings is 1. The Morgan fingerprint density at radius 2 is 1.35 bits per heavy atom. The summed E-state index contributed by atoms with van der Waals surface area (Å²) < 4.78 is 54.2. The molecule has 0 radical (unpaired) electrons. The molecule has 148 valence electrons. The van der Waals surface area contributed by atoms with Crippen LogP contribution in [0.15, 0.2) is 30.3 Å². The van der Waals surface area contributed by atoms with E-state index >= 15 is 0 Å². The normalized spacial score (nSPS) is 12.3. The predicted molar refractivity (Wildman–Crippen MR) is 103 cm³/mol. The van der Waals surface area contributed by atoms with E-state index in [-0.39, 0.29) is 17.1 Å². The van der Waals surface area contributed by atoms with Crippen LogP contribution in [0.3, 0.4) is 0 Å². The molecular weight excluding hydrogens is 376 g/mol. The lowest BCUT2D eigenvalue weighted by Crippen LogP contribution is -2.35. The van der Waals surface area contributed by atoms with Gasteiger partial charge in [-0.05, 0) is 25.0 Å². The maximum absolute atomic E-state index is 12.2. The number of unbranched alkanes of at least 4 members (excludes halogenated alkanes) is 2. The van der Waals surface area contributed by atoms with Crippen LogP contribution in [0, 0.1) is 0 Å². The van der Waals surface area contributed by atoms with Gasteiger partial charge in [-0.2, -0.15) is 0 Å². The molecular formula is C18H28O6S2. The van der Waals surface area contributed by atoms with Crippen molar-refractivity contribution >= 4 is 25.6 Å². The minimum atomic E-state index is -3.51. The Morgan fingerprint density at radius 1 is 0.885 bits per heavy atom. The number of hydrogen-bond donors (Lipinski definition) is 0. The van der Waals surface area contributed by atoms with Crippen LogP contribution in [0.2, 0.25) is 0 Å². The largest absolute Gasteiger partial charge is 0.457 e. The van der Waals surface area contributed by atoms with Crippen molar-refractivity contribution < 1.29 is 26.4 Å². The quantitative estimate of drug-likeness (QED) is 0.497. The minimum absolute atomic E-state index is 0.0438. The molecule has 0 spiro atoms. The van der Waals surface area contributed by atoms with Crippen LogP contribution in [-0.4, -0.2) is 51.9 Å². The van der Waals surface area contributed by atoms with Gasteiger partial charge in [0.2, 0.25) is 0 Å². The third-order valence-electron chi connectivity index (χ3n) is 3.78. The highest BCUT2D eigenvalue weighted by atomic mass is 32.2. The van der Waals surface area contributed by atoms with Crippen molar-refractivity contribution in [1.82, 2.24) is 0 Å². The van der Waals surface area contributed by atoms with Crippen LogP contribution >= 0.6 is 0 Å². The van der Waals surface area contributed by atoms with Gasteiger partial charge in [0, 0.05) is 0 Å². The summed E-state index contributed by atoms with van der Waals surface area (Å²) in [5, 5.41) is 0. The molecule has 0 amide bonds. The summed E-state index contributed by atoms with van der Waals surface area (Å²) in [4.78, 5) is 12.2. The third-order valence-corrected chi connectivity index (χ3v) is 7.36. The zero-order valence-electron chi connectivity index (χ0n) is 15.4. The van der Waals surface area contributed by atoms with E-state index in [2.05, 4.69) is 0 Å². The van der Waals surface area contributed by atoms with E-state index < -0.39 is 43.3 Å². The van der Waals surface area contributed by atoms with Gasteiger partial charge < -0.3 is 4.74 Å². The first-order valence-corrected chi connectivity index (χ1v) is 12.5. The summed E-state index contributed by atoms with van der Waals surface area (Å²) in [6, 6.07) is 8.12. The highest BCUT2D eigenvalue weighted by Crippen LogP contribution is 2.11. The maximum atomic E-state index is 12.2. The van der Waals surface area contributed by atoms with Crippen molar-refractivity contribution in [1.29, 1.82) is 0 Å². The summed E-state index contributed by atoms with van der Waals surface area (Å²) >= 11 is 0. The molecule has 1 aromatic carbocycles. The van der Waals surface area contributed by atoms with Gasteiger partial charge in [-0.15, -0.1) is 0 Å². The second kappa shape index (κ2) is 10.7. The van der Waals surface area contributed by atoms with Gasteiger partial charge in [0.1, 0.15) is 6.10 Å². The smallest absolute Gasteiger partial charge is 0.338 e. The number of sulfone groups is 2.